The zero-order valence-corrected chi connectivity index (χ0v) is 13.6. The fraction of sp³-hybridized carbons (Fsp3) is 0.412. The van der Waals surface area contributed by atoms with Gasteiger partial charge in [0, 0.05) is 28.8 Å². The first-order valence-corrected chi connectivity index (χ1v) is 7.71. The molecule has 2 unspecified atom stereocenters. The van der Waals surface area contributed by atoms with E-state index in [1.54, 1.807) is 13.0 Å². The lowest BCUT2D eigenvalue weighted by molar-refractivity contribution is -0.136. The molecule has 0 radical (unpaired) electrons. The SMILES string of the molecule is Cc1cc2cc(NC(=O)C(=O)NCC(C)CC(C)O)ccc2[nH]1. The Morgan fingerprint density at radius 3 is 2.65 bits per heavy atom. The Hall–Kier alpha value is -2.34. The van der Waals surface area contributed by atoms with E-state index in [2.05, 4.69) is 15.6 Å². The lowest BCUT2D eigenvalue weighted by Gasteiger charge is -2.14. The highest BCUT2D eigenvalue weighted by Gasteiger charge is 2.15. The number of fused-ring (bicyclic) bond motifs is 1. The number of aromatic amines is 1. The molecule has 1 aromatic heterocycles. The van der Waals surface area contributed by atoms with Crippen molar-refractivity contribution in [2.45, 2.75) is 33.3 Å². The summed E-state index contributed by atoms with van der Waals surface area (Å²) < 4.78 is 0. The van der Waals surface area contributed by atoms with E-state index in [0.29, 0.717) is 18.7 Å². The van der Waals surface area contributed by atoms with Crippen molar-refractivity contribution in [3.63, 3.8) is 0 Å². The number of aromatic nitrogens is 1. The molecule has 1 aromatic carbocycles. The van der Waals surface area contributed by atoms with Crippen molar-refractivity contribution in [1.29, 1.82) is 0 Å². The lowest BCUT2D eigenvalue weighted by Crippen LogP contribution is -2.38. The lowest BCUT2D eigenvalue weighted by atomic mass is 10.0. The van der Waals surface area contributed by atoms with Crippen LogP contribution in [0.15, 0.2) is 24.3 Å². The van der Waals surface area contributed by atoms with Crippen molar-refractivity contribution >= 4 is 28.4 Å². The van der Waals surface area contributed by atoms with E-state index in [1.807, 2.05) is 32.0 Å². The van der Waals surface area contributed by atoms with Gasteiger partial charge in [-0.1, -0.05) is 6.92 Å². The largest absolute Gasteiger partial charge is 0.393 e. The molecule has 0 bridgehead atoms. The summed E-state index contributed by atoms with van der Waals surface area (Å²) in [6, 6.07) is 7.41. The number of hydrogen-bond acceptors (Lipinski definition) is 3. The summed E-state index contributed by atoms with van der Waals surface area (Å²) >= 11 is 0. The predicted octanol–water partition coefficient (Wildman–Crippen LogP) is 1.94. The van der Waals surface area contributed by atoms with Crippen molar-refractivity contribution in [3.8, 4) is 0 Å². The normalized spacial score (nSPS) is 13.6. The van der Waals surface area contributed by atoms with Gasteiger partial charge in [0.15, 0.2) is 0 Å². The molecule has 2 rings (SSSR count). The van der Waals surface area contributed by atoms with Crippen LogP contribution >= 0.6 is 0 Å². The highest BCUT2D eigenvalue weighted by atomic mass is 16.3. The quantitative estimate of drug-likeness (QED) is 0.635. The van der Waals surface area contributed by atoms with Gasteiger partial charge < -0.3 is 20.7 Å². The number of aliphatic hydroxyl groups is 1. The third kappa shape index (κ3) is 4.82. The topological polar surface area (TPSA) is 94.2 Å². The minimum Gasteiger partial charge on any atom is -0.393 e. The molecule has 0 saturated heterocycles. The number of aliphatic hydroxyl groups excluding tert-OH is 1. The van der Waals surface area contributed by atoms with E-state index in [9.17, 15) is 14.7 Å². The minimum atomic E-state index is -0.694. The molecule has 6 nitrogen and oxygen atoms in total. The monoisotopic (exact) mass is 317 g/mol. The van der Waals surface area contributed by atoms with Gasteiger partial charge in [-0.3, -0.25) is 9.59 Å². The van der Waals surface area contributed by atoms with E-state index >= 15 is 0 Å². The van der Waals surface area contributed by atoms with Gasteiger partial charge in [-0.15, -0.1) is 0 Å². The molecule has 0 aliphatic heterocycles. The molecule has 2 aromatic rings. The average Bonchev–Trinajstić information content (AvgIpc) is 2.83. The Kier molecular flexibility index (Phi) is 5.39. The Morgan fingerprint density at radius 1 is 1.22 bits per heavy atom. The number of amides is 2. The number of nitrogens with one attached hydrogen (secondary N) is 3. The van der Waals surface area contributed by atoms with Gasteiger partial charge in [-0.05, 0) is 50.5 Å². The number of carbonyl (C=O) groups excluding carboxylic acids is 2. The van der Waals surface area contributed by atoms with Crippen molar-refractivity contribution in [2.24, 2.45) is 5.92 Å². The number of hydrogen-bond donors (Lipinski definition) is 4. The summed E-state index contributed by atoms with van der Waals surface area (Å²) in [5, 5.41) is 15.4. The molecule has 0 saturated carbocycles. The zero-order chi connectivity index (χ0) is 17.0. The Balaban J connectivity index is 1.90. The van der Waals surface area contributed by atoms with Crippen LogP contribution < -0.4 is 10.6 Å². The van der Waals surface area contributed by atoms with Gasteiger partial charge in [0.2, 0.25) is 0 Å². The van der Waals surface area contributed by atoms with Gasteiger partial charge in [0.25, 0.3) is 0 Å². The van der Waals surface area contributed by atoms with Crippen LogP contribution in [0.3, 0.4) is 0 Å². The standard InChI is InChI=1S/C17H23N3O3/c1-10(6-12(3)21)9-18-16(22)17(23)20-14-4-5-15-13(8-14)7-11(2)19-15/h4-5,7-8,10,12,19,21H,6,9H2,1-3H3,(H,18,22)(H,20,23). The highest BCUT2D eigenvalue weighted by Crippen LogP contribution is 2.19. The summed E-state index contributed by atoms with van der Waals surface area (Å²) in [4.78, 5) is 26.9. The summed E-state index contributed by atoms with van der Waals surface area (Å²) in [5.41, 5.74) is 2.60. The summed E-state index contributed by atoms with van der Waals surface area (Å²) in [6.07, 6.45) is 0.151. The van der Waals surface area contributed by atoms with Crippen LogP contribution in [0, 0.1) is 12.8 Å². The second-order valence-corrected chi connectivity index (χ2v) is 6.11. The molecule has 1 heterocycles. The van der Waals surface area contributed by atoms with Crippen LogP contribution in [-0.4, -0.2) is 34.6 Å². The molecule has 0 aliphatic rings. The van der Waals surface area contributed by atoms with Crippen molar-refractivity contribution in [1.82, 2.24) is 10.3 Å². The molecule has 4 N–H and O–H groups in total. The second-order valence-electron chi connectivity index (χ2n) is 6.11. The maximum atomic E-state index is 11.9. The van der Waals surface area contributed by atoms with E-state index in [-0.39, 0.29) is 5.92 Å². The fourth-order valence-electron chi connectivity index (χ4n) is 2.56. The van der Waals surface area contributed by atoms with Gasteiger partial charge in [0.05, 0.1) is 6.10 Å². The van der Waals surface area contributed by atoms with Crippen molar-refractivity contribution < 1.29 is 14.7 Å². The third-order valence-electron chi connectivity index (χ3n) is 3.57. The number of benzene rings is 1. The van der Waals surface area contributed by atoms with Gasteiger partial charge in [-0.25, -0.2) is 0 Å². The van der Waals surface area contributed by atoms with Crippen LogP contribution in [0.4, 0.5) is 5.69 Å². The van der Waals surface area contributed by atoms with Crippen molar-refractivity contribution in [2.75, 3.05) is 11.9 Å². The Bertz CT molecular complexity index is 706. The maximum absolute atomic E-state index is 11.9. The molecule has 0 aliphatic carbocycles. The zero-order valence-electron chi connectivity index (χ0n) is 13.6. The molecule has 23 heavy (non-hydrogen) atoms. The molecular weight excluding hydrogens is 294 g/mol. The maximum Gasteiger partial charge on any atom is 0.313 e. The van der Waals surface area contributed by atoms with E-state index < -0.39 is 17.9 Å². The van der Waals surface area contributed by atoms with Crippen LogP contribution in [0.25, 0.3) is 10.9 Å². The molecule has 2 atom stereocenters. The first kappa shape index (κ1) is 17.0. The van der Waals surface area contributed by atoms with Crippen LogP contribution in [0.5, 0.6) is 0 Å². The van der Waals surface area contributed by atoms with Gasteiger partial charge in [-0.2, -0.15) is 0 Å². The molecule has 0 fully saturated rings. The van der Waals surface area contributed by atoms with Crippen LogP contribution in [0.1, 0.15) is 26.0 Å². The second kappa shape index (κ2) is 7.28. The predicted molar refractivity (Wildman–Crippen MR) is 90.1 cm³/mol. The number of H-pyrrole nitrogens is 1. The molecule has 2 amide bonds. The van der Waals surface area contributed by atoms with Crippen LogP contribution in [0.2, 0.25) is 0 Å². The van der Waals surface area contributed by atoms with E-state index in [1.165, 1.54) is 0 Å². The van der Waals surface area contributed by atoms with E-state index in [0.717, 1.165) is 16.6 Å². The highest BCUT2D eigenvalue weighted by molar-refractivity contribution is 6.39. The first-order chi connectivity index (χ1) is 10.8. The number of anilines is 1. The van der Waals surface area contributed by atoms with Gasteiger partial charge in [0.1, 0.15) is 0 Å². The number of aryl methyl sites for hydroxylation is 1. The Morgan fingerprint density at radius 2 is 1.96 bits per heavy atom. The van der Waals surface area contributed by atoms with Crippen LogP contribution in [-0.2, 0) is 9.59 Å². The molecule has 6 heteroatoms. The molecular formula is C17H23N3O3. The van der Waals surface area contributed by atoms with Gasteiger partial charge >= 0.3 is 11.8 Å². The smallest absolute Gasteiger partial charge is 0.313 e. The van der Waals surface area contributed by atoms with Crippen molar-refractivity contribution in [3.05, 3.63) is 30.0 Å². The average molecular weight is 317 g/mol. The Labute approximate surface area is 135 Å². The fourth-order valence-corrected chi connectivity index (χ4v) is 2.56. The summed E-state index contributed by atoms with van der Waals surface area (Å²) in [7, 11) is 0. The first-order valence-electron chi connectivity index (χ1n) is 7.71. The minimum absolute atomic E-state index is 0.103. The van der Waals surface area contributed by atoms with E-state index in [4.69, 9.17) is 0 Å². The molecule has 0 spiro atoms. The third-order valence-corrected chi connectivity index (χ3v) is 3.57. The number of rotatable bonds is 5. The summed E-state index contributed by atoms with van der Waals surface area (Å²) in [5.74, 6) is -1.26. The number of carbonyl (C=O) groups is 2. The summed E-state index contributed by atoms with van der Waals surface area (Å²) in [6.45, 7) is 5.92. The molecule has 124 valence electrons.